The van der Waals surface area contributed by atoms with Crippen molar-refractivity contribution in [3.05, 3.63) is 60.7 Å². The van der Waals surface area contributed by atoms with E-state index in [0.29, 0.717) is 0 Å². The van der Waals surface area contributed by atoms with Crippen LogP contribution in [0.1, 0.15) is 13.3 Å². The number of epoxide rings is 1. The summed E-state index contributed by atoms with van der Waals surface area (Å²) in [7, 11) is -8.11. The fourth-order valence-electron chi connectivity index (χ4n) is 2.61. The standard InChI is InChI=1S/C17H18O5S2/c1-13-16(22-13)12-17(23(18,19)14-8-4-2-5-9-14)24(20,21)15-10-6-3-7-11-15/h2-11,13,16-17H,12H2,1H3/t13-,16+/m0/s1. The maximum Gasteiger partial charge on any atom is 0.196 e. The zero-order valence-corrected chi connectivity index (χ0v) is 14.7. The van der Waals surface area contributed by atoms with Gasteiger partial charge in [0, 0.05) is 6.42 Å². The Morgan fingerprint density at radius 2 is 1.21 bits per heavy atom. The molecule has 0 saturated carbocycles. The lowest BCUT2D eigenvalue weighted by atomic mass is 10.3. The van der Waals surface area contributed by atoms with Crippen LogP contribution in [0.15, 0.2) is 70.5 Å². The number of benzene rings is 2. The molecule has 5 nitrogen and oxygen atoms in total. The van der Waals surface area contributed by atoms with E-state index in [4.69, 9.17) is 4.74 Å². The zero-order chi connectivity index (χ0) is 17.4. The van der Waals surface area contributed by atoms with Gasteiger partial charge < -0.3 is 4.74 Å². The molecule has 2 aromatic carbocycles. The highest BCUT2D eigenvalue weighted by Gasteiger charge is 2.46. The zero-order valence-electron chi connectivity index (χ0n) is 13.1. The molecule has 0 bridgehead atoms. The van der Waals surface area contributed by atoms with Crippen LogP contribution >= 0.6 is 0 Å². The van der Waals surface area contributed by atoms with Gasteiger partial charge in [-0.05, 0) is 31.2 Å². The lowest BCUT2D eigenvalue weighted by Crippen LogP contribution is -2.32. The molecule has 0 aliphatic carbocycles. The van der Waals surface area contributed by atoms with E-state index in [1.165, 1.54) is 24.3 Å². The first-order valence-electron chi connectivity index (χ1n) is 7.57. The van der Waals surface area contributed by atoms with Gasteiger partial charge in [-0.3, -0.25) is 0 Å². The summed E-state index contributed by atoms with van der Waals surface area (Å²) in [6.07, 6.45) is -0.549. The highest BCUT2D eigenvalue weighted by molar-refractivity contribution is 8.09. The van der Waals surface area contributed by atoms with Crippen LogP contribution in [-0.4, -0.2) is 33.6 Å². The molecule has 24 heavy (non-hydrogen) atoms. The molecular formula is C17H18O5S2. The molecule has 2 aromatic rings. The summed E-state index contributed by atoms with van der Waals surface area (Å²) >= 11 is 0. The first-order valence-corrected chi connectivity index (χ1v) is 10.7. The van der Waals surface area contributed by atoms with Crippen LogP contribution < -0.4 is 0 Å². The summed E-state index contributed by atoms with van der Waals surface area (Å²) < 4.78 is 55.7. The summed E-state index contributed by atoms with van der Waals surface area (Å²) in [5, 5.41) is 0. The Labute approximate surface area is 142 Å². The number of hydrogen-bond acceptors (Lipinski definition) is 5. The monoisotopic (exact) mass is 366 g/mol. The van der Waals surface area contributed by atoms with Crippen molar-refractivity contribution in [2.75, 3.05) is 0 Å². The molecule has 0 radical (unpaired) electrons. The number of hydrogen-bond donors (Lipinski definition) is 0. The summed E-state index contributed by atoms with van der Waals surface area (Å²) in [6.45, 7) is 1.80. The van der Waals surface area contributed by atoms with Crippen LogP contribution in [-0.2, 0) is 24.4 Å². The fraction of sp³-hybridized carbons (Fsp3) is 0.294. The van der Waals surface area contributed by atoms with Gasteiger partial charge >= 0.3 is 0 Å². The second-order valence-corrected chi connectivity index (χ2v) is 10.3. The lowest BCUT2D eigenvalue weighted by molar-refractivity contribution is 0.372. The van der Waals surface area contributed by atoms with Gasteiger partial charge in [0.2, 0.25) is 0 Å². The molecule has 0 N–H and O–H groups in total. The maximum absolute atomic E-state index is 13.0. The van der Waals surface area contributed by atoms with Crippen molar-refractivity contribution >= 4 is 19.7 Å². The molecule has 0 aromatic heterocycles. The van der Waals surface area contributed by atoms with Crippen molar-refractivity contribution in [2.45, 2.75) is 39.9 Å². The molecule has 1 heterocycles. The molecule has 1 saturated heterocycles. The Bertz CT molecular complexity index is 836. The second-order valence-electron chi connectivity index (χ2n) is 5.76. The average molecular weight is 366 g/mol. The van der Waals surface area contributed by atoms with Crippen LogP contribution in [0.3, 0.4) is 0 Å². The van der Waals surface area contributed by atoms with E-state index in [1.54, 1.807) is 43.3 Å². The summed E-state index contributed by atoms with van der Waals surface area (Å²) in [6, 6.07) is 15.4. The molecule has 0 amide bonds. The Kier molecular flexibility index (Phi) is 4.50. The predicted octanol–water partition coefficient (Wildman–Crippen LogP) is 2.44. The van der Waals surface area contributed by atoms with Crippen molar-refractivity contribution in [1.82, 2.24) is 0 Å². The van der Waals surface area contributed by atoms with E-state index in [1.807, 2.05) is 0 Å². The van der Waals surface area contributed by atoms with E-state index < -0.39 is 24.3 Å². The number of sulfone groups is 2. The van der Waals surface area contributed by atoms with Crippen molar-refractivity contribution in [3.63, 3.8) is 0 Å². The van der Waals surface area contributed by atoms with E-state index in [0.717, 1.165) is 0 Å². The lowest BCUT2D eigenvalue weighted by Gasteiger charge is -2.18. The van der Waals surface area contributed by atoms with Crippen LogP contribution in [0.5, 0.6) is 0 Å². The third kappa shape index (κ3) is 3.24. The minimum Gasteiger partial charge on any atom is -0.370 e. The van der Waals surface area contributed by atoms with Crippen molar-refractivity contribution < 1.29 is 21.6 Å². The van der Waals surface area contributed by atoms with E-state index in [-0.39, 0.29) is 28.4 Å². The Morgan fingerprint density at radius 1 is 0.833 bits per heavy atom. The second kappa shape index (κ2) is 6.31. The van der Waals surface area contributed by atoms with Crippen molar-refractivity contribution in [3.8, 4) is 0 Å². The van der Waals surface area contributed by atoms with Gasteiger partial charge in [0.1, 0.15) is 0 Å². The van der Waals surface area contributed by atoms with Gasteiger partial charge in [0.15, 0.2) is 24.3 Å². The molecular weight excluding hydrogens is 348 g/mol. The Balaban J connectivity index is 2.07. The predicted molar refractivity (Wildman–Crippen MR) is 90.0 cm³/mol. The molecule has 128 valence electrons. The van der Waals surface area contributed by atoms with Crippen molar-refractivity contribution in [2.24, 2.45) is 0 Å². The molecule has 7 heteroatoms. The molecule has 1 aliphatic rings. The van der Waals surface area contributed by atoms with Gasteiger partial charge in [0.05, 0.1) is 22.0 Å². The number of ether oxygens (including phenoxy) is 1. The molecule has 0 unspecified atom stereocenters. The fourth-order valence-corrected chi connectivity index (χ4v) is 7.18. The summed E-state index contributed by atoms with van der Waals surface area (Å²) in [5.41, 5.74) is 0. The van der Waals surface area contributed by atoms with E-state index in [2.05, 4.69) is 0 Å². The summed E-state index contributed by atoms with van der Waals surface area (Å²) in [5.74, 6) is 0. The first kappa shape index (κ1) is 17.1. The minimum atomic E-state index is -4.05. The van der Waals surface area contributed by atoms with Gasteiger partial charge in [-0.25, -0.2) is 16.8 Å². The average Bonchev–Trinajstić information content (AvgIpc) is 3.29. The maximum atomic E-state index is 13.0. The molecule has 3 rings (SSSR count). The quantitative estimate of drug-likeness (QED) is 0.734. The first-order chi connectivity index (χ1) is 11.3. The Hall–Kier alpha value is -1.70. The highest BCUT2D eigenvalue weighted by atomic mass is 32.3. The van der Waals surface area contributed by atoms with Gasteiger partial charge in [-0.2, -0.15) is 0 Å². The van der Waals surface area contributed by atoms with Crippen LogP contribution in [0.25, 0.3) is 0 Å². The van der Waals surface area contributed by atoms with E-state index >= 15 is 0 Å². The third-order valence-electron chi connectivity index (χ3n) is 4.10. The molecule has 0 spiro atoms. The third-order valence-corrected chi connectivity index (χ3v) is 9.24. The number of rotatable bonds is 6. The van der Waals surface area contributed by atoms with Crippen LogP contribution in [0.4, 0.5) is 0 Å². The Morgan fingerprint density at radius 3 is 1.54 bits per heavy atom. The molecule has 1 fully saturated rings. The smallest absolute Gasteiger partial charge is 0.196 e. The topological polar surface area (TPSA) is 80.8 Å². The van der Waals surface area contributed by atoms with Crippen LogP contribution in [0, 0.1) is 0 Å². The minimum absolute atomic E-state index is 0.00260. The molecule has 2 atom stereocenters. The van der Waals surface area contributed by atoms with Gasteiger partial charge in [0.25, 0.3) is 0 Å². The SMILES string of the molecule is C[C@@H]1O[C@@H]1CC(S(=O)(=O)c1ccccc1)S(=O)(=O)c1ccccc1. The molecule has 1 aliphatic heterocycles. The van der Waals surface area contributed by atoms with Gasteiger partial charge in [-0.1, -0.05) is 36.4 Å². The largest absolute Gasteiger partial charge is 0.370 e. The van der Waals surface area contributed by atoms with E-state index in [9.17, 15) is 16.8 Å². The normalized spacial score (nSPS) is 20.9. The summed E-state index contributed by atoms with van der Waals surface area (Å²) in [4.78, 5) is 0.00520. The van der Waals surface area contributed by atoms with Crippen molar-refractivity contribution in [1.29, 1.82) is 0 Å². The highest BCUT2D eigenvalue weighted by Crippen LogP contribution is 2.34. The van der Waals surface area contributed by atoms with Crippen LogP contribution in [0.2, 0.25) is 0 Å². The van der Waals surface area contributed by atoms with Gasteiger partial charge in [-0.15, -0.1) is 0 Å².